The van der Waals surface area contributed by atoms with Gasteiger partial charge in [-0.15, -0.1) is 0 Å². The normalized spacial score (nSPS) is 21.7. The standard InChI is InChI=1S/C26H29N3O5S/c1-28-24(16-23(27-28)22-15-19(33-2)11-12-25(22)34-3)26(30)29-17-9-10-18(29)14-21(13-17)35(31,32)20-7-5-4-6-8-20/h4-8,11-12,15-18,21H,9-10,13-14H2,1-3H3. The van der Waals surface area contributed by atoms with Crippen molar-refractivity contribution in [3.8, 4) is 22.8 Å². The summed E-state index contributed by atoms with van der Waals surface area (Å²) in [5.41, 5.74) is 1.81. The molecule has 35 heavy (non-hydrogen) atoms. The molecule has 2 unspecified atom stereocenters. The van der Waals surface area contributed by atoms with Gasteiger partial charge in [0.1, 0.15) is 17.2 Å². The third-order valence-electron chi connectivity index (χ3n) is 7.22. The number of piperidine rings is 1. The van der Waals surface area contributed by atoms with Crippen LogP contribution in [0.5, 0.6) is 11.5 Å². The molecule has 2 atom stereocenters. The highest BCUT2D eigenvalue weighted by molar-refractivity contribution is 7.92. The van der Waals surface area contributed by atoms with Crippen LogP contribution in [-0.4, -0.2) is 60.6 Å². The Labute approximate surface area is 205 Å². The second-order valence-electron chi connectivity index (χ2n) is 9.15. The minimum absolute atomic E-state index is 0.102. The van der Waals surface area contributed by atoms with Gasteiger partial charge in [-0.05, 0) is 62.1 Å². The van der Waals surface area contributed by atoms with Gasteiger partial charge in [0.15, 0.2) is 9.84 Å². The van der Waals surface area contributed by atoms with Gasteiger partial charge >= 0.3 is 0 Å². The van der Waals surface area contributed by atoms with Crippen molar-refractivity contribution in [2.75, 3.05) is 14.2 Å². The Balaban J connectivity index is 1.41. The fourth-order valence-electron chi connectivity index (χ4n) is 5.46. The quantitative estimate of drug-likeness (QED) is 0.518. The van der Waals surface area contributed by atoms with Crippen LogP contribution in [-0.2, 0) is 16.9 Å². The van der Waals surface area contributed by atoms with E-state index in [4.69, 9.17) is 9.47 Å². The van der Waals surface area contributed by atoms with Gasteiger partial charge in [0.2, 0.25) is 0 Å². The van der Waals surface area contributed by atoms with Crippen molar-refractivity contribution >= 4 is 15.7 Å². The Morgan fingerprint density at radius 3 is 2.29 bits per heavy atom. The number of fused-ring (bicyclic) bond motifs is 2. The first kappa shape index (κ1) is 23.4. The van der Waals surface area contributed by atoms with E-state index >= 15 is 0 Å². The number of sulfone groups is 1. The van der Waals surface area contributed by atoms with Gasteiger partial charge in [-0.2, -0.15) is 5.10 Å². The van der Waals surface area contributed by atoms with Crippen LogP contribution >= 0.6 is 0 Å². The fraction of sp³-hybridized carbons (Fsp3) is 0.385. The van der Waals surface area contributed by atoms with Gasteiger partial charge in [-0.1, -0.05) is 18.2 Å². The molecule has 8 nitrogen and oxygen atoms in total. The lowest BCUT2D eigenvalue weighted by Crippen LogP contribution is -2.50. The van der Waals surface area contributed by atoms with Gasteiger partial charge in [0, 0.05) is 24.7 Å². The van der Waals surface area contributed by atoms with Crippen molar-refractivity contribution in [1.29, 1.82) is 0 Å². The van der Waals surface area contributed by atoms with Gasteiger partial charge in [0.25, 0.3) is 5.91 Å². The molecule has 2 aromatic carbocycles. The minimum Gasteiger partial charge on any atom is -0.497 e. The van der Waals surface area contributed by atoms with Crippen molar-refractivity contribution < 1.29 is 22.7 Å². The molecular formula is C26H29N3O5S. The van der Waals surface area contributed by atoms with E-state index in [0.717, 1.165) is 18.4 Å². The Kier molecular flexibility index (Phi) is 6.04. The molecule has 1 amide bonds. The smallest absolute Gasteiger partial charge is 0.272 e. The number of benzene rings is 2. The Hall–Kier alpha value is -3.33. The topological polar surface area (TPSA) is 90.7 Å². The third kappa shape index (κ3) is 4.07. The van der Waals surface area contributed by atoms with E-state index in [2.05, 4.69) is 5.10 Å². The van der Waals surface area contributed by atoms with Gasteiger partial charge < -0.3 is 14.4 Å². The van der Waals surface area contributed by atoms with Crippen LogP contribution in [0.1, 0.15) is 36.2 Å². The molecular weight excluding hydrogens is 466 g/mol. The van der Waals surface area contributed by atoms with Crippen LogP contribution in [0.2, 0.25) is 0 Å². The first-order valence-electron chi connectivity index (χ1n) is 11.7. The molecule has 0 spiro atoms. The van der Waals surface area contributed by atoms with E-state index in [0.29, 0.717) is 40.6 Å². The van der Waals surface area contributed by atoms with Crippen molar-refractivity contribution in [1.82, 2.24) is 14.7 Å². The molecule has 2 aliphatic rings. The molecule has 9 heteroatoms. The van der Waals surface area contributed by atoms with Crippen LogP contribution in [0.3, 0.4) is 0 Å². The Bertz CT molecular complexity index is 1340. The van der Waals surface area contributed by atoms with Crippen LogP contribution in [0.4, 0.5) is 0 Å². The van der Waals surface area contributed by atoms with Gasteiger partial charge in [-0.25, -0.2) is 8.42 Å². The predicted molar refractivity (Wildman–Crippen MR) is 131 cm³/mol. The highest BCUT2D eigenvalue weighted by Crippen LogP contribution is 2.41. The minimum atomic E-state index is -3.44. The predicted octanol–water partition coefficient (Wildman–Crippen LogP) is 3.71. The monoisotopic (exact) mass is 495 g/mol. The summed E-state index contributed by atoms with van der Waals surface area (Å²) >= 11 is 0. The van der Waals surface area contributed by atoms with E-state index in [9.17, 15) is 13.2 Å². The summed E-state index contributed by atoms with van der Waals surface area (Å²) in [4.78, 5) is 15.9. The highest BCUT2D eigenvalue weighted by Gasteiger charge is 2.47. The molecule has 1 aromatic heterocycles. The lowest BCUT2D eigenvalue weighted by molar-refractivity contribution is 0.0586. The lowest BCUT2D eigenvalue weighted by Gasteiger charge is -2.38. The number of hydrogen-bond donors (Lipinski definition) is 0. The van der Waals surface area contributed by atoms with Crippen LogP contribution in [0.25, 0.3) is 11.3 Å². The number of hydrogen-bond acceptors (Lipinski definition) is 6. The van der Waals surface area contributed by atoms with Crippen molar-refractivity contribution in [2.45, 2.75) is 47.9 Å². The number of aromatic nitrogens is 2. The zero-order valence-corrected chi connectivity index (χ0v) is 20.9. The average molecular weight is 496 g/mol. The summed E-state index contributed by atoms with van der Waals surface area (Å²) in [6.45, 7) is 0. The maximum absolute atomic E-state index is 13.7. The Morgan fingerprint density at radius 1 is 0.971 bits per heavy atom. The molecule has 0 saturated carbocycles. The summed E-state index contributed by atoms with van der Waals surface area (Å²) in [6, 6.07) is 15.6. The largest absolute Gasteiger partial charge is 0.497 e. The fourth-order valence-corrected chi connectivity index (χ4v) is 7.33. The SMILES string of the molecule is COc1ccc(OC)c(-c2cc(C(=O)N3C4CCC3CC(S(=O)(=O)c3ccccc3)C4)n(C)n2)c1. The van der Waals surface area contributed by atoms with Gasteiger partial charge in [0.05, 0.1) is 30.1 Å². The molecule has 2 bridgehead atoms. The molecule has 0 N–H and O–H groups in total. The molecule has 3 heterocycles. The summed E-state index contributed by atoms with van der Waals surface area (Å²) < 4.78 is 38.9. The second kappa shape index (κ2) is 9.03. The van der Waals surface area contributed by atoms with Crippen molar-refractivity contribution in [3.63, 3.8) is 0 Å². The molecule has 3 aromatic rings. The van der Waals surface area contributed by atoms with E-state index in [1.165, 1.54) is 0 Å². The summed E-state index contributed by atoms with van der Waals surface area (Å²) in [7, 11) is 1.49. The zero-order valence-electron chi connectivity index (χ0n) is 20.0. The molecule has 2 saturated heterocycles. The summed E-state index contributed by atoms with van der Waals surface area (Å²) in [5, 5.41) is 4.11. The average Bonchev–Trinajstić information content (AvgIpc) is 3.39. The number of amides is 1. The van der Waals surface area contributed by atoms with E-state index in [1.807, 2.05) is 29.2 Å². The third-order valence-corrected chi connectivity index (χ3v) is 9.41. The molecule has 0 aliphatic carbocycles. The molecule has 184 valence electrons. The maximum atomic E-state index is 13.7. The molecule has 0 radical (unpaired) electrons. The lowest BCUT2D eigenvalue weighted by atomic mass is 10.0. The number of rotatable bonds is 6. The molecule has 2 aliphatic heterocycles. The van der Waals surface area contributed by atoms with E-state index < -0.39 is 15.1 Å². The first-order valence-corrected chi connectivity index (χ1v) is 13.3. The number of methoxy groups -OCH3 is 2. The molecule has 2 fully saturated rings. The first-order chi connectivity index (χ1) is 16.8. The van der Waals surface area contributed by atoms with Crippen LogP contribution < -0.4 is 9.47 Å². The maximum Gasteiger partial charge on any atom is 0.272 e. The number of ether oxygens (including phenoxy) is 2. The van der Waals surface area contributed by atoms with Crippen molar-refractivity contribution in [3.05, 3.63) is 60.3 Å². The zero-order chi connectivity index (χ0) is 24.7. The number of carbonyl (C=O) groups is 1. The van der Waals surface area contributed by atoms with Crippen molar-refractivity contribution in [2.24, 2.45) is 7.05 Å². The highest BCUT2D eigenvalue weighted by atomic mass is 32.2. The van der Waals surface area contributed by atoms with Gasteiger partial charge in [-0.3, -0.25) is 9.48 Å². The molecule has 5 rings (SSSR count). The Morgan fingerprint density at radius 2 is 1.66 bits per heavy atom. The number of nitrogens with zero attached hydrogens (tertiary/aromatic N) is 3. The number of aryl methyl sites for hydroxylation is 1. The number of carbonyl (C=O) groups excluding carboxylic acids is 1. The summed E-state index contributed by atoms with van der Waals surface area (Å²) in [6.07, 6.45) is 2.53. The van der Waals surface area contributed by atoms with E-state index in [1.54, 1.807) is 56.3 Å². The van der Waals surface area contributed by atoms with E-state index in [-0.39, 0.29) is 18.0 Å². The second-order valence-corrected chi connectivity index (χ2v) is 11.4. The summed E-state index contributed by atoms with van der Waals surface area (Å²) in [5.74, 6) is 1.19. The van der Waals surface area contributed by atoms with Crippen LogP contribution in [0, 0.1) is 0 Å². The van der Waals surface area contributed by atoms with Crippen LogP contribution in [0.15, 0.2) is 59.5 Å².